The number of pyridine rings is 1. The molecule has 2 N–H and O–H groups in total. The van der Waals surface area contributed by atoms with Gasteiger partial charge in [0.1, 0.15) is 5.75 Å². The lowest BCUT2D eigenvalue weighted by Gasteiger charge is -2.10. The van der Waals surface area contributed by atoms with Gasteiger partial charge in [-0.2, -0.15) is 0 Å². The fourth-order valence-corrected chi connectivity index (χ4v) is 1.93. The summed E-state index contributed by atoms with van der Waals surface area (Å²) in [5.41, 5.74) is 2.01. The minimum absolute atomic E-state index is 0.0511. The molecule has 21 heavy (non-hydrogen) atoms. The molecular formula is C16H19N3O2. The lowest BCUT2D eigenvalue weighted by atomic mass is 10.2. The second kappa shape index (κ2) is 8.01. The van der Waals surface area contributed by atoms with Crippen molar-refractivity contribution in [1.29, 1.82) is 0 Å². The molecule has 2 rings (SSSR count). The summed E-state index contributed by atoms with van der Waals surface area (Å²) in [6.07, 6.45) is 3.50. The van der Waals surface area contributed by atoms with Crippen molar-refractivity contribution in [2.75, 3.05) is 13.7 Å². The van der Waals surface area contributed by atoms with Gasteiger partial charge in [0, 0.05) is 31.0 Å². The first kappa shape index (κ1) is 15.0. The molecule has 0 saturated carbocycles. The van der Waals surface area contributed by atoms with Crippen molar-refractivity contribution in [2.24, 2.45) is 0 Å². The van der Waals surface area contributed by atoms with E-state index in [1.165, 1.54) is 0 Å². The minimum atomic E-state index is -0.0511. The van der Waals surface area contributed by atoms with Gasteiger partial charge in [0.25, 0.3) is 0 Å². The monoisotopic (exact) mass is 285 g/mol. The number of hydrogen-bond acceptors (Lipinski definition) is 4. The van der Waals surface area contributed by atoms with Crippen molar-refractivity contribution < 1.29 is 9.53 Å². The SMILES string of the molecule is COc1ccccc1CNC(=O)CNCc1cccnc1. The lowest BCUT2D eigenvalue weighted by molar-refractivity contribution is -0.120. The van der Waals surface area contributed by atoms with Crippen LogP contribution in [0.3, 0.4) is 0 Å². The summed E-state index contributed by atoms with van der Waals surface area (Å²) < 4.78 is 5.24. The lowest BCUT2D eigenvalue weighted by Crippen LogP contribution is -2.33. The molecule has 0 fully saturated rings. The molecule has 2 aromatic rings. The van der Waals surface area contributed by atoms with E-state index in [0.29, 0.717) is 13.1 Å². The first-order chi connectivity index (χ1) is 10.3. The van der Waals surface area contributed by atoms with Gasteiger partial charge < -0.3 is 15.4 Å². The van der Waals surface area contributed by atoms with Crippen LogP contribution in [0.4, 0.5) is 0 Å². The summed E-state index contributed by atoms with van der Waals surface area (Å²) in [6, 6.07) is 11.5. The van der Waals surface area contributed by atoms with Gasteiger partial charge in [-0.3, -0.25) is 9.78 Å². The molecule has 1 heterocycles. The molecule has 0 radical (unpaired) electrons. The molecule has 1 amide bonds. The molecule has 5 nitrogen and oxygen atoms in total. The largest absolute Gasteiger partial charge is 0.496 e. The van der Waals surface area contributed by atoms with Crippen LogP contribution in [-0.4, -0.2) is 24.5 Å². The number of carbonyl (C=O) groups excluding carboxylic acids is 1. The fourth-order valence-electron chi connectivity index (χ4n) is 1.93. The van der Waals surface area contributed by atoms with Crippen LogP contribution < -0.4 is 15.4 Å². The Morgan fingerprint density at radius 1 is 1.19 bits per heavy atom. The Hall–Kier alpha value is -2.40. The number of ether oxygens (including phenoxy) is 1. The molecule has 0 aliphatic carbocycles. The number of nitrogens with zero attached hydrogens (tertiary/aromatic N) is 1. The normalized spacial score (nSPS) is 10.1. The maximum atomic E-state index is 11.8. The zero-order valence-electron chi connectivity index (χ0n) is 12.0. The maximum Gasteiger partial charge on any atom is 0.234 e. The fraction of sp³-hybridized carbons (Fsp3) is 0.250. The number of methoxy groups -OCH3 is 1. The van der Waals surface area contributed by atoms with E-state index in [2.05, 4.69) is 15.6 Å². The molecule has 0 atom stereocenters. The van der Waals surface area contributed by atoms with Crippen LogP contribution in [0.15, 0.2) is 48.8 Å². The average Bonchev–Trinajstić information content (AvgIpc) is 2.54. The number of rotatable bonds is 7. The Bertz CT molecular complexity index is 573. The Balaban J connectivity index is 1.72. The second-order valence-corrected chi connectivity index (χ2v) is 4.55. The third-order valence-electron chi connectivity index (χ3n) is 3.01. The number of benzene rings is 1. The summed E-state index contributed by atoms with van der Waals surface area (Å²) >= 11 is 0. The second-order valence-electron chi connectivity index (χ2n) is 4.55. The Morgan fingerprint density at radius 3 is 2.81 bits per heavy atom. The van der Waals surface area contributed by atoms with Gasteiger partial charge >= 0.3 is 0 Å². The summed E-state index contributed by atoms with van der Waals surface area (Å²) in [7, 11) is 1.62. The van der Waals surface area contributed by atoms with E-state index < -0.39 is 0 Å². The van der Waals surface area contributed by atoms with Crippen LogP contribution in [0.5, 0.6) is 5.75 Å². The first-order valence-corrected chi connectivity index (χ1v) is 6.78. The topological polar surface area (TPSA) is 63.2 Å². The number of hydrogen-bond donors (Lipinski definition) is 2. The molecule has 0 unspecified atom stereocenters. The zero-order valence-corrected chi connectivity index (χ0v) is 12.0. The highest BCUT2D eigenvalue weighted by atomic mass is 16.5. The maximum absolute atomic E-state index is 11.8. The third kappa shape index (κ3) is 4.89. The van der Waals surface area contributed by atoms with E-state index in [0.717, 1.165) is 16.9 Å². The smallest absolute Gasteiger partial charge is 0.234 e. The molecular weight excluding hydrogens is 266 g/mol. The molecule has 5 heteroatoms. The molecule has 0 spiro atoms. The molecule has 0 aliphatic rings. The van der Waals surface area contributed by atoms with Crippen molar-refractivity contribution >= 4 is 5.91 Å². The summed E-state index contributed by atoms with van der Waals surface area (Å²) in [6.45, 7) is 1.34. The standard InChI is InChI=1S/C16H19N3O2/c1-21-15-7-3-2-6-14(15)11-19-16(20)12-18-10-13-5-4-8-17-9-13/h2-9,18H,10-12H2,1H3,(H,19,20). The summed E-state index contributed by atoms with van der Waals surface area (Å²) in [5, 5.41) is 5.95. The number of para-hydroxylation sites is 1. The van der Waals surface area contributed by atoms with Crippen LogP contribution in [0.2, 0.25) is 0 Å². The number of carbonyl (C=O) groups is 1. The van der Waals surface area contributed by atoms with E-state index in [9.17, 15) is 4.79 Å². The molecule has 1 aromatic carbocycles. The van der Waals surface area contributed by atoms with Crippen LogP contribution in [-0.2, 0) is 17.9 Å². The van der Waals surface area contributed by atoms with E-state index in [1.54, 1.807) is 19.5 Å². The van der Waals surface area contributed by atoms with Gasteiger partial charge in [-0.1, -0.05) is 24.3 Å². The van der Waals surface area contributed by atoms with Crippen LogP contribution in [0.1, 0.15) is 11.1 Å². The molecule has 0 bridgehead atoms. The Kier molecular flexibility index (Phi) is 5.72. The third-order valence-corrected chi connectivity index (χ3v) is 3.01. The van der Waals surface area contributed by atoms with Gasteiger partial charge in [-0.25, -0.2) is 0 Å². The highest BCUT2D eigenvalue weighted by Crippen LogP contribution is 2.16. The first-order valence-electron chi connectivity index (χ1n) is 6.78. The summed E-state index contributed by atoms with van der Waals surface area (Å²) in [5.74, 6) is 0.728. The van der Waals surface area contributed by atoms with Crippen molar-refractivity contribution in [3.05, 3.63) is 59.9 Å². The van der Waals surface area contributed by atoms with Gasteiger partial charge in [0.15, 0.2) is 0 Å². The Morgan fingerprint density at radius 2 is 2.05 bits per heavy atom. The average molecular weight is 285 g/mol. The van der Waals surface area contributed by atoms with Gasteiger partial charge in [0.2, 0.25) is 5.91 Å². The Labute approximate surface area is 124 Å². The van der Waals surface area contributed by atoms with Gasteiger partial charge in [0.05, 0.1) is 13.7 Å². The van der Waals surface area contributed by atoms with E-state index in [1.807, 2.05) is 36.4 Å². The van der Waals surface area contributed by atoms with E-state index in [-0.39, 0.29) is 12.5 Å². The van der Waals surface area contributed by atoms with Crippen molar-refractivity contribution in [3.8, 4) is 5.75 Å². The van der Waals surface area contributed by atoms with Gasteiger partial charge in [-0.05, 0) is 17.7 Å². The van der Waals surface area contributed by atoms with Crippen molar-refractivity contribution in [2.45, 2.75) is 13.1 Å². The number of aromatic nitrogens is 1. The zero-order chi connectivity index (χ0) is 14.9. The van der Waals surface area contributed by atoms with Crippen LogP contribution in [0.25, 0.3) is 0 Å². The highest BCUT2D eigenvalue weighted by molar-refractivity contribution is 5.78. The van der Waals surface area contributed by atoms with Gasteiger partial charge in [-0.15, -0.1) is 0 Å². The van der Waals surface area contributed by atoms with Crippen LogP contribution in [0, 0.1) is 0 Å². The van der Waals surface area contributed by atoms with Crippen molar-refractivity contribution in [1.82, 2.24) is 15.6 Å². The molecule has 110 valence electrons. The summed E-state index contributed by atoms with van der Waals surface area (Å²) in [4.78, 5) is 15.8. The quantitative estimate of drug-likeness (QED) is 0.809. The molecule has 1 aromatic heterocycles. The highest BCUT2D eigenvalue weighted by Gasteiger charge is 2.04. The number of nitrogens with one attached hydrogen (secondary N) is 2. The predicted molar refractivity (Wildman–Crippen MR) is 80.8 cm³/mol. The van der Waals surface area contributed by atoms with Crippen molar-refractivity contribution in [3.63, 3.8) is 0 Å². The van der Waals surface area contributed by atoms with E-state index >= 15 is 0 Å². The molecule has 0 aliphatic heterocycles. The minimum Gasteiger partial charge on any atom is -0.496 e. The van der Waals surface area contributed by atoms with Crippen LogP contribution >= 0.6 is 0 Å². The number of amides is 1. The predicted octanol–water partition coefficient (Wildman–Crippen LogP) is 1.50. The van der Waals surface area contributed by atoms with E-state index in [4.69, 9.17) is 4.74 Å². The molecule has 0 saturated heterocycles.